The van der Waals surface area contributed by atoms with Crippen LogP contribution in [0.3, 0.4) is 0 Å². The van der Waals surface area contributed by atoms with Crippen molar-refractivity contribution in [1.82, 2.24) is 10.3 Å². The fourth-order valence-corrected chi connectivity index (χ4v) is 2.74. The number of hydrogen-bond donors (Lipinski definition) is 1. The molecule has 6 heteroatoms. The molecule has 134 valence electrons. The maximum Gasteiger partial charge on any atom is 0.216 e. The van der Waals surface area contributed by atoms with E-state index < -0.39 is 0 Å². The fraction of sp³-hybridized carbons (Fsp3) is 0.200. The topological polar surface area (TPSA) is 60.5 Å². The number of amides is 1. The van der Waals surface area contributed by atoms with Crippen molar-refractivity contribution in [1.29, 1.82) is 0 Å². The van der Waals surface area contributed by atoms with E-state index >= 15 is 0 Å². The number of pyridine rings is 1. The van der Waals surface area contributed by atoms with E-state index in [0.717, 1.165) is 16.6 Å². The number of aromatic nitrogens is 1. The summed E-state index contributed by atoms with van der Waals surface area (Å²) in [5.41, 5.74) is 1.80. The average Bonchev–Trinajstić information content (AvgIpc) is 2.63. The van der Waals surface area contributed by atoms with Gasteiger partial charge in [0.05, 0.1) is 17.6 Å². The number of carbonyl (C=O) groups is 1. The molecule has 0 aliphatic heterocycles. The van der Waals surface area contributed by atoms with Crippen LogP contribution in [0.25, 0.3) is 10.9 Å². The molecule has 0 saturated heterocycles. The van der Waals surface area contributed by atoms with Gasteiger partial charge in [0.25, 0.3) is 0 Å². The van der Waals surface area contributed by atoms with E-state index in [1.165, 1.54) is 6.92 Å². The quantitative estimate of drug-likeness (QED) is 0.700. The number of benzene rings is 2. The van der Waals surface area contributed by atoms with Crippen LogP contribution in [0.2, 0.25) is 5.02 Å². The number of nitrogens with zero attached hydrogens (tertiary/aromatic N) is 1. The molecule has 0 fully saturated rings. The van der Waals surface area contributed by atoms with Gasteiger partial charge in [0, 0.05) is 37.0 Å². The molecule has 0 aliphatic carbocycles. The van der Waals surface area contributed by atoms with E-state index in [4.69, 9.17) is 21.1 Å². The second-order valence-electron chi connectivity index (χ2n) is 5.79. The lowest BCUT2D eigenvalue weighted by molar-refractivity contribution is -0.118. The SMILES string of the molecule is COc1ccc(Oc2ccc3nc(CCNC(C)=O)ccc3c2)c(Cl)c1. The summed E-state index contributed by atoms with van der Waals surface area (Å²) >= 11 is 6.22. The molecular weight excluding hydrogens is 352 g/mol. The molecule has 0 aliphatic rings. The second-order valence-corrected chi connectivity index (χ2v) is 6.20. The largest absolute Gasteiger partial charge is 0.497 e. The van der Waals surface area contributed by atoms with Gasteiger partial charge in [-0.1, -0.05) is 17.7 Å². The Morgan fingerprint density at radius 2 is 1.92 bits per heavy atom. The third-order valence-corrected chi connectivity index (χ3v) is 4.14. The maximum atomic E-state index is 10.9. The minimum absolute atomic E-state index is 0.0372. The Balaban J connectivity index is 1.76. The molecule has 2 aromatic carbocycles. The number of nitrogens with one attached hydrogen (secondary N) is 1. The van der Waals surface area contributed by atoms with Crippen LogP contribution in [-0.4, -0.2) is 24.5 Å². The van der Waals surface area contributed by atoms with Gasteiger partial charge < -0.3 is 14.8 Å². The first-order chi connectivity index (χ1) is 12.5. The van der Waals surface area contributed by atoms with E-state index in [-0.39, 0.29) is 5.91 Å². The zero-order chi connectivity index (χ0) is 18.5. The third kappa shape index (κ3) is 4.43. The summed E-state index contributed by atoms with van der Waals surface area (Å²) in [5.74, 6) is 1.88. The van der Waals surface area contributed by atoms with Gasteiger partial charge in [-0.25, -0.2) is 0 Å². The van der Waals surface area contributed by atoms with Crippen LogP contribution in [0.4, 0.5) is 0 Å². The van der Waals surface area contributed by atoms with Crippen LogP contribution >= 0.6 is 11.6 Å². The molecule has 5 nitrogen and oxygen atoms in total. The number of hydrogen-bond acceptors (Lipinski definition) is 4. The zero-order valence-electron chi connectivity index (χ0n) is 14.6. The first-order valence-corrected chi connectivity index (χ1v) is 8.58. The van der Waals surface area contributed by atoms with E-state index in [2.05, 4.69) is 10.3 Å². The molecule has 0 saturated carbocycles. The van der Waals surface area contributed by atoms with Crippen LogP contribution in [0.5, 0.6) is 17.2 Å². The van der Waals surface area contributed by atoms with Crippen molar-refractivity contribution in [2.75, 3.05) is 13.7 Å². The number of ether oxygens (including phenoxy) is 2. The van der Waals surface area contributed by atoms with Gasteiger partial charge in [-0.2, -0.15) is 0 Å². The molecule has 1 amide bonds. The van der Waals surface area contributed by atoms with Crippen molar-refractivity contribution >= 4 is 28.4 Å². The number of carbonyl (C=O) groups excluding carboxylic acids is 1. The summed E-state index contributed by atoms with van der Waals surface area (Å²) in [5, 5.41) is 4.22. The van der Waals surface area contributed by atoms with Crippen molar-refractivity contribution in [3.8, 4) is 17.2 Å². The molecule has 0 atom stereocenters. The molecule has 0 unspecified atom stereocenters. The maximum absolute atomic E-state index is 10.9. The third-order valence-electron chi connectivity index (χ3n) is 3.84. The highest BCUT2D eigenvalue weighted by atomic mass is 35.5. The highest BCUT2D eigenvalue weighted by Gasteiger charge is 2.07. The van der Waals surface area contributed by atoms with Gasteiger partial charge >= 0.3 is 0 Å². The van der Waals surface area contributed by atoms with Crippen LogP contribution in [0.1, 0.15) is 12.6 Å². The van der Waals surface area contributed by atoms with E-state index in [0.29, 0.717) is 35.2 Å². The second kappa shape index (κ2) is 8.06. The monoisotopic (exact) mass is 370 g/mol. The van der Waals surface area contributed by atoms with Gasteiger partial charge in [0.1, 0.15) is 17.2 Å². The summed E-state index contributed by atoms with van der Waals surface area (Å²) in [6.07, 6.45) is 0.690. The van der Waals surface area contributed by atoms with Crippen LogP contribution < -0.4 is 14.8 Å². The predicted octanol–water partition coefficient (Wildman–Crippen LogP) is 4.37. The molecule has 1 aromatic heterocycles. The smallest absolute Gasteiger partial charge is 0.216 e. The van der Waals surface area contributed by atoms with Crippen molar-refractivity contribution in [2.24, 2.45) is 0 Å². The van der Waals surface area contributed by atoms with Gasteiger partial charge in [0.15, 0.2) is 0 Å². The lowest BCUT2D eigenvalue weighted by atomic mass is 10.1. The molecule has 0 spiro atoms. The average molecular weight is 371 g/mol. The minimum atomic E-state index is -0.0372. The Bertz CT molecular complexity index is 943. The molecular formula is C20H19ClN2O3. The normalized spacial score (nSPS) is 10.6. The summed E-state index contributed by atoms with van der Waals surface area (Å²) in [6.45, 7) is 2.08. The first-order valence-electron chi connectivity index (χ1n) is 8.20. The highest BCUT2D eigenvalue weighted by Crippen LogP contribution is 2.33. The van der Waals surface area contributed by atoms with Crippen molar-refractivity contribution in [3.63, 3.8) is 0 Å². The standard InChI is InChI=1S/C20H19ClN2O3/c1-13(24)22-10-9-15-4-3-14-11-17(5-7-19(14)23-15)26-20-8-6-16(25-2)12-18(20)21/h3-8,11-12H,9-10H2,1-2H3,(H,22,24). The van der Waals surface area contributed by atoms with Crippen LogP contribution in [0, 0.1) is 0 Å². The molecule has 3 rings (SSSR count). The first kappa shape index (κ1) is 18.0. The van der Waals surface area contributed by atoms with Gasteiger partial charge in [0.2, 0.25) is 5.91 Å². The van der Waals surface area contributed by atoms with Gasteiger partial charge in [-0.3, -0.25) is 9.78 Å². The fourth-order valence-electron chi connectivity index (χ4n) is 2.53. The number of halogens is 1. The van der Waals surface area contributed by atoms with Gasteiger partial charge in [-0.05, 0) is 36.4 Å². The molecule has 26 heavy (non-hydrogen) atoms. The van der Waals surface area contributed by atoms with Crippen LogP contribution in [0.15, 0.2) is 48.5 Å². The Hall–Kier alpha value is -2.79. The predicted molar refractivity (Wildman–Crippen MR) is 102 cm³/mol. The Morgan fingerprint density at radius 3 is 2.65 bits per heavy atom. The Kier molecular flexibility index (Phi) is 5.58. The summed E-state index contributed by atoms with van der Waals surface area (Å²) < 4.78 is 11.0. The lowest BCUT2D eigenvalue weighted by Gasteiger charge is -2.10. The summed E-state index contributed by atoms with van der Waals surface area (Å²) in [4.78, 5) is 15.5. The Labute approximate surface area is 156 Å². The zero-order valence-corrected chi connectivity index (χ0v) is 15.3. The number of fused-ring (bicyclic) bond motifs is 1. The van der Waals surface area contributed by atoms with Crippen LogP contribution in [-0.2, 0) is 11.2 Å². The lowest BCUT2D eigenvalue weighted by Crippen LogP contribution is -2.22. The van der Waals surface area contributed by atoms with Crippen molar-refractivity contribution < 1.29 is 14.3 Å². The molecule has 0 radical (unpaired) electrons. The van der Waals surface area contributed by atoms with E-state index in [9.17, 15) is 4.79 Å². The molecule has 3 aromatic rings. The van der Waals surface area contributed by atoms with Gasteiger partial charge in [-0.15, -0.1) is 0 Å². The summed E-state index contributed by atoms with van der Waals surface area (Å²) in [6, 6.07) is 14.9. The van der Waals surface area contributed by atoms with Crippen molar-refractivity contribution in [3.05, 3.63) is 59.2 Å². The van der Waals surface area contributed by atoms with Crippen molar-refractivity contribution in [2.45, 2.75) is 13.3 Å². The minimum Gasteiger partial charge on any atom is -0.497 e. The molecule has 1 heterocycles. The number of rotatable bonds is 6. The Morgan fingerprint density at radius 1 is 1.12 bits per heavy atom. The molecule has 0 bridgehead atoms. The highest BCUT2D eigenvalue weighted by molar-refractivity contribution is 6.32. The molecule has 1 N–H and O–H groups in total. The van der Waals surface area contributed by atoms with E-state index in [1.807, 2.05) is 30.3 Å². The van der Waals surface area contributed by atoms with E-state index in [1.54, 1.807) is 25.3 Å². The number of methoxy groups -OCH3 is 1. The summed E-state index contributed by atoms with van der Waals surface area (Å²) in [7, 11) is 1.59.